The minimum absolute atomic E-state index is 0.455. The zero-order valence-corrected chi connectivity index (χ0v) is 6.50. The predicted molar refractivity (Wildman–Crippen MR) is 46.3 cm³/mol. The molecular weight excluding hydrogens is 135 g/mol. The van der Waals surface area contributed by atoms with E-state index >= 15 is 0 Å². The second kappa shape index (κ2) is 3.38. The van der Waals surface area contributed by atoms with Gasteiger partial charge in [0.25, 0.3) is 0 Å². The Kier molecular flexibility index (Phi) is 2.47. The lowest BCUT2D eigenvalue weighted by Gasteiger charge is -2.02. The van der Waals surface area contributed by atoms with E-state index in [0.29, 0.717) is 11.9 Å². The van der Waals surface area contributed by atoms with Gasteiger partial charge in [-0.2, -0.15) is 0 Å². The topological polar surface area (TPSA) is 17.1 Å². The molecule has 0 aliphatic carbocycles. The van der Waals surface area contributed by atoms with Gasteiger partial charge in [0.15, 0.2) is 0 Å². The number of hydrogen-bond acceptors (Lipinski definition) is 1. The number of benzene rings is 1. The molecule has 0 spiro atoms. The second-order valence-electron chi connectivity index (χ2n) is 2.56. The van der Waals surface area contributed by atoms with Gasteiger partial charge < -0.3 is 4.79 Å². The lowest BCUT2D eigenvalue weighted by atomic mass is 9.91. The highest BCUT2D eigenvalue weighted by molar-refractivity contribution is 6.32. The molecule has 1 rings (SSSR count). The molecule has 0 saturated carbocycles. The molecule has 11 heavy (non-hydrogen) atoms. The number of rotatable bonds is 2. The minimum atomic E-state index is 0.455. The first-order valence-electron chi connectivity index (χ1n) is 3.52. The summed E-state index contributed by atoms with van der Waals surface area (Å²) in [5, 5.41) is 0. The third kappa shape index (κ3) is 1.94. The minimum Gasteiger partial charge on any atom is -0.303 e. The van der Waals surface area contributed by atoms with E-state index in [0.717, 1.165) is 17.4 Å². The molecule has 1 aromatic rings. The summed E-state index contributed by atoms with van der Waals surface area (Å²) in [4.78, 5) is 10.2. The Balaban J connectivity index is 3.01. The van der Waals surface area contributed by atoms with Crippen molar-refractivity contribution in [1.82, 2.24) is 0 Å². The zero-order valence-electron chi connectivity index (χ0n) is 6.50. The fourth-order valence-corrected chi connectivity index (χ4v) is 1.00. The van der Waals surface area contributed by atoms with Crippen LogP contribution in [0.2, 0.25) is 0 Å². The van der Waals surface area contributed by atoms with E-state index in [1.807, 2.05) is 25.1 Å². The maximum Gasteiger partial charge on any atom is 0.124 e. The summed E-state index contributed by atoms with van der Waals surface area (Å²) in [6, 6.07) is 5.60. The quantitative estimate of drug-likeness (QED) is 0.437. The summed E-state index contributed by atoms with van der Waals surface area (Å²) < 4.78 is 0. The number of aryl methyl sites for hydroxylation is 1. The zero-order chi connectivity index (χ0) is 8.27. The van der Waals surface area contributed by atoms with Crippen molar-refractivity contribution in [2.24, 2.45) is 0 Å². The Morgan fingerprint density at radius 2 is 2.27 bits per heavy atom. The molecule has 0 aliphatic rings. The predicted octanol–water partition coefficient (Wildman–Crippen LogP) is 0.530. The lowest BCUT2D eigenvalue weighted by molar-refractivity contribution is -0.107. The molecule has 0 atom stereocenters. The van der Waals surface area contributed by atoms with Gasteiger partial charge in [-0.15, -0.1) is 0 Å². The smallest absolute Gasteiger partial charge is 0.124 e. The Hall–Kier alpha value is -1.05. The number of carbonyl (C=O) groups excluding carboxylic acids is 1. The van der Waals surface area contributed by atoms with Crippen molar-refractivity contribution in [2.75, 3.05) is 0 Å². The molecule has 1 nitrogen and oxygen atoms in total. The Morgan fingerprint density at radius 3 is 2.91 bits per heavy atom. The molecule has 0 heterocycles. The van der Waals surface area contributed by atoms with E-state index in [2.05, 4.69) is 0 Å². The van der Waals surface area contributed by atoms with Crippen molar-refractivity contribution in [3.8, 4) is 0 Å². The normalized spacial score (nSPS) is 9.55. The summed E-state index contributed by atoms with van der Waals surface area (Å²) >= 11 is 0. The van der Waals surface area contributed by atoms with Gasteiger partial charge in [-0.1, -0.05) is 23.7 Å². The highest BCUT2D eigenvalue weighted by Gasteiger charge is 1.95. The largest absolute Gasteiger partial charge is 0.303 e. The maximum absolute atomic E-state index is 10.2. The Bertz CT molecular complexity index is 268. The standard InChI is InChI=1S/C9H9BO/c1-7-2-3-9(10)6-8(7)4-5-11/h2-3,5-6H,4H2,1H3. The molecule has 2 heteroatoms. The van der Waals surface area contributed by atoms with Gasteiger partial charge in [0.05, 0.1) is 0 Å². The van der Waals surface area contributed by atoms with E-state index in [1.54, 1.807) is 0 Å². The highest BCUT2D eigenvalue weighted by Crippen LogP contribution is 2.04. The first-order chi connectivity index (χ1) is 5.24. The Morgan fingerprint density at radius 1 is 1.55 bits per heavy atom. The highest BCUT2D eigenvalue weighted by atomic mass is 16.1. The van der Waals surface area contributed by atoms with Gasteiger partial charge in [-0.3, -0.25) is 0 Å². The van der Waals surface area contributed by atoms with Crippen LogP contribution in [-0.2, 0) is 11.2 Å². The van der Waals surface area contributed by atoms with Gasteiger partial charge in [0.1, 0.15) is 14.1 Å². The van der Waals surface area contributed by atoms with E-state index in [-0.39, 0.29) is 0 Å². The van der Waals surface area contributed by atoms with Crippen LogP contribution in [0.15, 0.2) is 18.2 Å². The van der Waals surface area contributed by atoms with Crippen LogP contribution in [0.1, 0.15) is 11.1 Å². The molecule has 0 amide bonds. The molecular formula is C9H9BO. The van der Waals surface area contributed by atoms with Crippen molar-refractivity contribution in [3.05, 3.63) is 29.3 Å². The van der Waals surface area contributed by atoms with Gasteiger partial charge in [-0.25, -0.2) is 0 Å². The maximum atomic E-state index is 10.2. The summed E-state index contributed by atoms with van der Waals surface area (Å²) in [6.07, 6.45) is 1.35. The molecule has 0 N–H and O–H groups in total. The summed E-state index contributed by atoms with van der Waals surface area (Å²) in [5.74, 6) is 0. The number of aldehydes is 1. The average molecular weight is 144 g/mol. The first-order valence-corrected chi connectivity index (χ1v) is 3.52. The summed E-state index contributed by atoms with van der Waals surface area (Å²) in [6.45, 7) is 1.97. The first kappa shape index (κ1) is 8.06. The van der Waals surface area contributed by atoms with Crippen LogP contribution in [0.3, 0.4) is 0 Å². The van der Waals surface area contributed by atoms with Crippen molar-refractivity contribution >= 4 is 19.6 Å². The number of hydrogen-bond donors (Lipinski definition) is 0. The monoisotopic (exact) mass is 144 g/mol. The Labute approximate surface area is 67.8 Å². The van der Waals surface area contributed by atoms with E-state index in [9.17, 15) is 4.79 Å². The third-order valence-electron chi connectivity index (χ3n) is 1.68. The molecule has 54 valence electrons. The van der Waals surface area contributed by atoms with Crippen LogP contribution in [0.4, 0.5) is 0 Å². The molecule has 0 aliphatic heterocycles. The van der Waals surface area contributed by atoms with Crippen LogP contribution in [0.25, 0.3) is 0 Å². The average Bonchev–Trinajstić information content (AvgIpc) is 1.98. The fourth-order valence-electron chi connectivity index (χ4n) is 1.00. The van der Waals surface area contributed by atoms with Crippen LogP contribution in [0.5, 0.6) is 0 Å². The van der Waals surface area contributed by atoms with Crippen molar-refractivity contribution in [2.45, 2.75) is 13.3 Å². The van der Waals surface area contributed by atoms with Gasteiger partial charge >= 0.3 is 0 Å². The molecule has 1 aromatic carbocycles. The number of carbonyl (C=O) groups is 1. The molecule has 0 bridgehead atoms. The van der Waals surface area contributed by atoms with Crippen LogP contribution >= 0.6 is 0 Å². The van der Waals surface area contributed by atoms with Crippen molar-refractivity contribution < 1.29 is 4.79 Å². The molecule has 0 fully saturated rings. The van der Waals surface area contributed by atoms with Gasteiger partial charge in [0, 0.05) is 6.42 Å². The van der Waals surface area contributed by atoms with Crippen LogP contribution in [0, 0.1) is 6.92 Å². The van der Waals surface area contributed by atoms with Crippen LogP contribution < -0.4 is 5.46 Å². The van der Waals surface area contributed by atoms with Gasteiger partial charge in [-0.05, 0) is 18.1 Å². The van der Waals surface area contributed by atoms with E-state index in [1.165, 1.54) is 0 Å². The van der Waals surface area contributed by atoms with E-state index < -0.39 is 0 Å². The second-order valence-corrected chi connectivity index (χ2v) is 2.56. The lowest BCUT2D eigenvalue weighted by Crippen LogP contribution is -2.04. The SMILES string of the molecule is [B]c1ccc(C)c(CC=O)c1. The fraction of sp³-hybridized carbons (Fsp3) is 0.222. The third-order valence-corrected chi connectivity index (χ3v) is 1.68. The molecule has 2 radical (unpaired) electrons. The summed E-state index contributed by atoms with van der Waals surface area (Å²) in [5.41, 5.74) is 2.85. The molecule has 0 saturated heterocycles. The van der Waals surface area contributed by atoms with Crippen molar-refractivity contribution in [1.29, 1.82) is 0 Å². The molecule has 0 unspecified atom stereocenters. The molecule has 0 aromatic heterocycles. The van der Waals surface area contributed by atoms with Gasteiger partial charge in [0.2, 0.25) is 0 Å². The van der Waals surface area contributed by atoms with Crippen molar-refractivity contribution in [3.63, 3.8) is 0 Å². The van der Waals surface area contributed by atoms with Crippen LogP contribution in [-0.4, -0.2) is 14.1 Å². The summed E-state index contributed by atoms with van der Waals surface area (Å²) in [7, 11) is 5.54. The van der Waals surface area contributed by atoms with E-state index in [4.69, 9.17) is 7.85 Å².